The Morgan fingerprint density at radius 2 is 2.30 bits per heavy atom. The molecule has 3 rings (SSSR count). The van der Waals surface area contributed by atoms with Crippen LogP contribution >= 0.6 is 11.8 Å². The first-order valence-corrected chi connectivity index (χ1v) is 7.99. The number of nitrogens with two attached hydrogens (primary N) is 1. The Kier molecular flexibility index (Phi) is 3.73. The fourth-order valence-electron chi connectivity index (χ4n) is 3.43. The molecule has 1 saturated carbocycles. The summed E-state index contributed by atoms with van der Waals surface area (Å²) in [5.74, 6) is 0.971. The summed E-state index contributed by atoms with van der Waals surface area (Å²) < 4.78 is 20.1. The number of halogens is 1. The fraction of sp³-hybridized carbons (Fsp3) is 0.533. The Labute approximate surface area is 122 Å². The van der Waals surface area contributed by atoms with Crippen LogP contribution in [-0.2, 0) is 10.3 Å². The molecule has 2 N–H and O–H groups in total. The van der Waals surface area contributed by atoms with Crippen LogP contribution in [0.2, 0.25) is 0 Å². The fourth-order valence-corrected chi connectivity index (χ4v) is 4.44. The van der Waals surface area contributed by atoms with Gasteiger partial charge >= 0.3 is 0 Å². The molecule has 0 amide bonds. The van der Waals surface area contributed by atoms with Crippen molar-refractivity contribution in [2.24, 2.45) is 16.6 Å². The lowest BCUT2D eigenvalue weighted by atomic mass is 9.81. The highest BCUT2D eigenvalue weighted by Crippen LogP contribution is 2.52. The minimum atomic E-state index is -0.541. The van der Waals surface area contributed by atoms with Crippen LogP contribution in [0.1, 0.15) is 25.3 Å². The van der Waals surface area contributed by atoms with E-state index in [-0.39, 0.29) is 17.8 Å². The van der Waals surface area contributed by atoms with Crippen LogP contribution in [0.3, 0.4) is 0 Å². The molecule has 2 aliphatic rings. The summed E-state index contributed by atoms with van der Waals surface area (Å²) in [6, 6.07) is 6.92. The Bertz CT molecular complexity index is 536. The van der Waals surface area contributed by atoms with Gasteiger partial charge in [0.15, 0.2) is 5.17 Å². The van der Waals surface area contributed by atoms with Crippen molar-refractivity contribution in [1.82, 2.24) is 0 Å². The first-order valence-electron chi connectivity index (χ1n) is 7.00. The summed E-state index contributed by atoms with van der Waals surface area (Å²) >= 11 is 1.56. The van der Waals surface area contributed by atoms with Gasteiger partial charge in [0.1, 0.15) is 5.82 Å². The summed E-state index contributed by atoms with van der Waals surface area (Å²) in [5, 5.41) is 0.557. The molecule has 1 aliphatic heterocycles. The minimum Gasteiger partial charge on any atom is -0.379 e. The standard InChI is InChI=1S/C15H19FN2OS/c1-2-19-11-7-10-9-20-14(17)18-15(10,8-11)12-5-3-4-6-13(12)16/h3-6,10-11H,2,7-9H2,1H3,(H2,17,18)/t10-,11+,15-/m0/s1. The number of amidine groups is 1. The zero-order chi connectivity index (χ0) is 14.2. The molecule has 1 fully saturated rings. The van der Waals surface area contributed by atoms with Crippen LogP contribution in [0, 0.1) is 11.7 Å². The molecular weight excluding hydrogens is 275 g/mol. The van der Waals surface area contributed by atoms with E-state index in [2.05, 4.69) is 4.99 Å². The number of hydrogen-bond acceptors (Lipinski definition) is 4. The first kappa shape index (κ1) is 13.9. The average molecular weight is 294 g/mol. The molecule has 3 nitrogen and oxygen atoms in total. The zero-order valence-corrected chi connectivity index (χ0v) is 12.3. The van der Waals surface area contributed by atoms with Gasteiger partial charge in [-0.15, -0.1) is 0 Å². The SMILES string of the molecule is CCO[C@@H]1C[C@H]2CSC(N)=N[C@@]2(c2ccccc2F)C1. The van der Waals surface area contributed by atoms with Crippen LogP contribution < -0.4 is 5.73 Å². The maximum absolute atomic E-state index is 14.3. The molecular formula is C15H19FN2OS. The molecule has 0 aromatic heterocycles. The second kappa shape index (κ2) is 5.37. The molecule has 0 radical (unpaired) electrons. The minimum absolute atomic E-state index is 0.139. The number of ether oxygens (including phenoxy) is 1. The maximum Gasteiger partial charge on any atom is 0.154 e. The summed E-state index contributed by atoms with van der Waals surface area (Å²) in [5.41, 5.74) is 6.05. The smallest absolute Gasteiger partial charge is 0.154 e. The number of fused-ring (bicyclic) bond motifs is 1. The third kappa shape index (κ3) is 2.23. The number of hydrogen-bond donors (Lipinski definition) is 1. The molecule has 0 saturated heterocycles. The monoisotopic (exact) mass is 294 g/mol. The molecule has 1 heterocycles. The molecule has 108 valence electrons. The van der Waals surface area contributed by atoms with Crippen molar-refractivity contribution in [1.29, 1.82) is 0 Å². The van der Waals surface area contributed by atoms with Gasteiger partial charge in [-0.2, -0.15) is 0 Å². The Morgan fingerprint density at radius 3 is 3.05 bits per heavy atom. The number of rotatable bonds is 3. The van der Waals surface area contributed by atoms with Gasteiger partial charge < -0.3 is 10.5 Å². The molecule has 1 aliphatic carbocycles. The highest BCUT2D eigenvalue weighted by atomic mass is 32.2. The molecule has 20 heavy (non-hydrogen) atoms. The van der Waals surface area contributed by atoms with Gasteiger partial charge in [-0.1, -0.05) is 30.0 Å². The van der Waals surface area contributed by atoms with Gasteiger partial charge in [0, 0.05) is 30.3 Å². The molecule has 0 unspecified atom stereocenters. The van der Waals surface area contributed by atoms with Crippen molar-refractivity contribution in [2.75, 3.05) is 12.4 Å². The number of nitrogens with zero attached hydrogens (tertiary/aromatic N) is 1. The maximum atomic E-state index is 14.3. The van der Waals surface area contributed by atoms with Crippen molar-refractivity contribution in [3.63, 3.8) is 0 Å². The molecule has 0 bridgehead atoms. The van der Waals surface area contributed by atoms with Crippen LogP contribution in [-0.4, -0.2) is 23.6 Å². The molecule has 5 heteroatoms. The quantitative estimate of drug-likeness (QED) is 0.932. The van der Waals surface area contributed by atoms with Crippen molar-refractivity contribution >= 4 is 16.9 Å². The third-order valence-electron chi connectivity index (χ3n) is 4.25. The van der Waals surface area contributed by atoms with E-state index in [9.17, 15) is 4.39 Å². The van der Waals surface area contributed by atoms with Gasteiger partial charge in [0.2, 0.25) is 0 Å². The van der Waals surface area contributed by atoms with E-state index < -0.39 is 5.54 Å². The Hall–Kier alpha value is -1.07. The molecule has 1 aromatic rings. The van der Waals surface area contributed by atoms with E-state index in [1.54, 1.807) is 17.8 Å². The topological polar surface area (TPSA) is 47.6 Å². The van der Waals surface area contributed by atoms with Crippen LogP contribution in [0.5, 0.6) is 0 Å². The second-order valence-corrected chi connectivity index (χ2v) is 6.42. The van der Waals surface area contributed by atoms with E-state index in [1.807, 2.05) is 19.1 Å². The summed E-state index contributed by atoms with van der Waals surface area (Å²) in [6.07, 6.45) is 1.78. The van der Waals surface area contributed by atoms with Crippen molar-refractivity contribution in [3.8, 4) is 0 Å². The Balaban J connectivity index is 2.05. The van der Waals surface area contributed by atoms with E-state index in [1.165, 1.54) is 6.07 Å². The molecule has 0 spiro atoms. The summed E-state index contributed by atoms with van der Waals surface area (Å²) in [4.78, 5) is 4.68. The van der Waals surface area contributed by atoms with Crippen LogP contribution in [0.25, 0.3) is 0 Å². The molecule has 3 atom stereocenters. The lowest BCUT2D eigenvalue weighted by molar-refractivity contribution is 0.0629. The predicted octanol–water partition coefficient (Wildman–Crippen LogP) is 2.90. The lowest BCUT2D eigenvalue weighted by Gasteiger charge is -2.35. The van der Waals surface area contributed by atoms with Crippen LogP contribution in [0.4, 0.5) is 4.39 Å². The average Bonchev–Trinajstić information content (AvgIpc) is 2.77. The van der Waals surface area contributed by atoms with Crippen molar-refractivity contribution in [3.05, 3.63) is 35.6 Å². The van der Waals surface area contributed by atoms with Gasteiger partial charge in [0.25, 0.3) is 0 Å². The van der Waals surface area contributed by atoms with E-state index in [0.29, 0.717) is 23.8 Å². The summed E-state index contributed by atoms with van der Waals surface area (Å²) in [7, 11) is 0. The van der Waals surface area contributed by atoms with Gasteiger partial charge in [0.05, 0.1) is 11.6 Å². The number of benzene rings is 1. The largest absolute Gasteiger partial charge is 0.379 e. The highest BCUT2D eigenvalue weighted by Gasteiger charge is 2.51. The van der Waals surface area contributed by atoms with E-state index in [4.69, 9.17) is 10.5 Å². The lowest BCUT2D eigenvalue weighted by Crippen LogP contribution is -2.37. The van der Waals surface area contributed by atoms with Gasteiger partial charge in [-0.3, -0.25) is 4.99 Å². The third-order valence-corrected chi connectivity index (χ3v) is 5.20. The first-order chi connectivity index (χ1) is 9.65. The number of aliphatic imine (C=N–C) groups is 1. The van der Waals surface area contributed by atoms with Gasteiger partial charge in [-0.25, -0.2) is 4.39 Å². The van der Waals surface area contributed by atoms with Crippen LogP contribution in [0.15, 0.2) is 29.3 Å². The predicted molar refractivity (Wildman–Crippen MR) is 80.3 cm³/mol. The second-order valence-electron chi connectivity index (χ2n) is 5.38. The zero-order valence-electron chi connectivity index (χ0n) is 11.5. The highest BCUT2D eigenvalue weighted by molar-refractivity contribution is 8.13. The van der Waals surface area contributed by atoms with Gasteiger partial charge in [-0.05, 0) is 19.4 Å². The Morgan fingerprint density at radius 1 is 1.50 bits per heavy atom. The molecule has 1 aromatic carbocycles. The normalized spacial score (nSPS) is 32.8. The summed E-state index contributed by atoms with van der Waals surface area (Å²) in [6.45, 7) is 2.67. The van der Waals surface area contributed by atoms with E-state index in [0.717, 1.165) is 12.2 Å². The van der Waals surface area contributed by atoms with Crippen molar-refractivity contribution < 1.29 is 9.13 Å². The number of thioether (sulfide) groups is 1. The van der Waals surface area contributed by atoms with Crippen molar-refractivity contribution in [2.45, 2.75) is 31.4 Å². The van der Waals surface area contributed by atoms with E-state index >= 15 is 0 Å².